The van der Waals surface area contributed by atoms with E-state index in [1.807, 2.05) is 20.8 Å². The van der Waals surface area contributed by atoms with Crippen molar-refractivity contribution in [3.05, 3.63) is 35.4 Å². The summed E-state index contributed by atoms with van der Waals surface area (Å²) in [6.45, 7) is 9.29. The van der Waals surface area contributed by atoms with Crippen LogP contribution in [0, 0.1) is 23.5 Å². The zero-order chi connectivity index (χ0) is 17.7. The summed E-state index contributed by atoms with van der Waals surface area (Å²) >= 11 is 0. The van der Waals surface area contributed by atoms with Gasteiger partial charge in [0, 0.05) is 6.04 Å². The number of amides is 2. The van der Waals surface area contributed by atoms with Crippen molar-refractivity contribution in [2.75, 3.05) is 0 Å². The second kappa shape index (κ2) is 8.04. The molecule has 2 N–H and O–H groups in total. The Morgan fingerprint density at radius 1 is 0.913 bits per heavy atom. The highest BCUT2D eigenvalue weighted by Crippen LogP contribution is 2.13. The molecule has 0 aromatic heterocycles. The van der Waals surface area contributed by atoms with E-state index in [-0.39, 0.29) is 23.8 Å². The zero-order valence-electron chi connectivity index (χ0n) is 14.1. The number of benzene rings is 1. The maximum absolute atomic E-state index is 13.7. The summed E-state index contributed by atoms with van der Waals surface area (Å²) < 4.78 is 27.3. The molecule has 0 saturated carbocycles. The van der Waals surface area contributed by atoms with Crippen LogP contribution in [-0.4, -0.2) is 23.9 Å². The van der Waals surface area contributed by atoms with Gasteiger partial charge in [-0.1, -0.05) is 33.8 Å². The average Bonchev–Trinajstić information content (AvgIpc) is 2.43. The van der Waals surface area contributed by atoms with Gasteiger partial charge in [-0.3, -0.25) is 9.59 Å². The van der Waals surface area contributed by atoms with Crippen molar-refractivity contribution < 1.29 is 18.4 Å². The highest BCUT2D eigenvalue weighted by atomic mass is 19.1. The average molecular weight is 326 g/mol. The van der Waals surface area contributed by atoms with Crippen LogP contribution in [0.2, 0.25) is 0 Å². The van der Waals surface area contributed by atoms with Crippen molar-refractivity contribution in [1.82, 2.24) is 10.6 Å². The molecule has 0 fully saturated rings. The lowest BCUT2D eigenvalue weighted by molar-refractivity contribution is -0.124. The molecule has 1 aromatic rings. The van der Waals surface area contributed by atoms with Gasteiger partial charge in [-0.25, -0.2) is 8.78 Å². The van der Waals surface area contributed by atoms with Gasteiger partial charge in [0.15, 0.2) is 0 Å². The summed E-state index contributed by atoms with van der Waals surface area (Å²) in [6, 6.07) is 2.24. The summed E-state index contributed by atoms with van der Waals surface area (Å²) in [4.78, 5) is 24.5. The Morgan fingerprint density at radius 3 is 1.87 bits per heavy atom. The molecule has 128 valence electrons. The zero-order valence-corrected chi connectivity index (χ0v) is 14.1. The first-order valence-electron chi connectivity index (χ1n) is 7.70. The first-order valence-corrected chi connectivity index (χ1v) is 7.70. The lowest BCUT2D eigenvalue weighted by Crippen LogP contribution is -2.52. The van der Waals surface area contributed by atoms with Crippen LogP contribution in [0.1, 0.15) is 45.0 Å². The first-order chi connectivity index (χ1) is 10.6. The topological polar surface area (TPSA) is 58.2 Å². The smallest absolute Gasteiger partial charge is 0.257 e. The van der Waals surface area contributed by atoms with E-state index in [0.29, 0.717) is 0 Å². The Bertz CT molecular complexity index is 553. The highest BCUT2D eigenvalue weighted by Gasteiger charge is 2.28. The van der Waals surface area contributed by atoms with Crippen molar-refractivity contribution in [2.45, 2.75) is 46.7 Å². The quantitative estimate of drug-likeness (QED) is 0.844. The third kappa shape index (κ3) is 5.01. The Hall–Kier alpha value is -1.98. The predicted molar refractivity (Wildman–Crippen MR) is 84.9 cm³/mol. The summed E-state index contributed by atoms with van der Waals surface area (Å²) in [5.74, 6) is -3.22. The summed E-state index contributed by atoms with van der Waals surface area (Å²) in [5, 5.41) is 5.23. The molecule has 0 heterocycles. The van der Waals surface area contributed by atoms with Gasteiger partial charge in [0.05, 0.1) is 0 Å². The predicted octanol–water partition coefficient (Wildman–Crippen LogP) is 2.88. The minimum atomic E-state index is -0.957. The molecule has 23 heavy (non-hydrogen) atoms. The number of carbonyl (C=O) groups excluding carboxylic acids is 2. The molecular weight excluding hydrogens is 302 g/mol. The van der Waals surface area contributed by atoms with Crippen LogP contribution in [0.25, 0.3) is 0 Å². The van der Waals surface area contributed by atoms with Gasteiger partial charge in [0.1, 0.15) is 23.2 Å². The van der Waals surface area contributed by atoms with Crippen molar-refractivity contribution >= 4 is 11.8 Å². The minimum Gasteiger partial charge on any atom is -0.352 e. The highest BCUT2D eigenvalue weighted by molar-refractivity contribution is 5.98. The molecule has 2 unspecified atom stereocenters. The molecule has 0 radical (unpaired) electrons. The largest absolute Gasteiger partial charge is 0.352 e. The van der Waals surface area contributed by atoms with Gasteiger partial charge < -0.3 is 10.6 Å². The second-order valence-corrected chi connectivity index (χ2v) is 6.33. The molecule has 1 rings (SSSR count). The SMILES string of the molecule is CC(C)C(C)NC(=O)C(NC(=O)c1c(F)cccc1F)C(C)C. The monoisotopic (exact) mass is 326 g/mol. The van der Waals surface area contributed by atoms with Crippen LogP contribution in [0.3, 0.4) is 0 Å². The molecule has 4 nitrogen and oxygen atoms in total. The van der Waals surface area contributed by atoms with E-state index in [1.165, 1.54) is 6.07 Å². The van der Waals surface area contributed by atoms with E-state index in [0.717, 1.165) is 12.1 Å². The van der Waals surface area contributed by atoms with E-state index >= 15 is 0 Å². The molecular formula is C17H24F2N2O2. The van der Waals surface area contributed by atoms with E-state index < -0.39 is 29.1 Å². The lowest BCUT2D eigenvalue weighted by Gasteiger charge is -2.25. The Morgan fingerprint density at radius 2 is 1.43 bits per heavy atom. The van der Waals surface area contributed by atoms with Crippen molar-refractivity contribution in [3.63, 3.8) is 0 Å². The maximum Gasteiger partial charge on any atom is 0.257 e. The van der Waals surface area contributed by atoms with Gasteiger partial charge in [-0.05, 0) is 30.9 Å². The third-order valence-electron chi connectivity index (χ3n) is 3.80. The van der Waals surface area contributed by atoms with Crippen molar-refractivity contribution in [1.29, 1.82) is 0 Å². The van der Waals surface area contributed by atoms with Crippen LogP contribution in [-0.2, 0) is 4.79 Å². The number of rotatable bonds is 6. The minimum absolute atomic E-state index is 0.0779. The van der Waals surface area contributed by atoms with Crippen LogP contribution in [0.4, 0.5) is 8.78 Å². The first kappa shape index (κ1) is 19.1. The van der Waals surface area contributed by atoms with Crippen LogP contribution >= 0.6 is 0 Å². The van der Waals surface area contributed by atoms with E-state index in [2.05, 4.69) is 10.6 Å². The number of carbonyl (C=O) groups is 2. The van der Waals surface area contributed by atoms with Gasteiger partial charge in [0.25, 0.3) is 5.91 Å². The van der Waals surface area contributed by atoms with Gasteiger partial charge in [0.2, 0.25) is 5.91 Å². The van der Waals surface area contributed by atoms with Crippen molar-refractivity contribution in [3.8, 4) is 0 Å². The van der Waals surface area contributed by atoms with E-state index in [4.69, 9.17) is 0 Å². The molecule has 0 aliphatic carbocycles. The molecule has 1 aromatic carbocycles. The van der Waals surface area contributed by atoms with E-state index in [1.54, 1.807) is 13.8 Å². The number of hydrogen-bond acceptors (Lipinski definition) is 2. The summed E-state index contributed by atoms with van der Waals surface area (Å²) in [5.41, 5.74) is -0.678. The molecule has 0 aliphatic heterocycles. The molecule has 0 aliphatic rings. The third-order valence-corrected chi connectivity index (χ3v) is 3.80. The van der Waals surface area contributed by atoms with Crippen LogP contribution in [0.15, 0.2) is 18.2 Å². The summed E-state index contributed by atoms with van der Waals surface area (Å²) in [7, 11) is 0. The number of nitrogens with one attached hydrogen (secondary N) is 2. The Labute approximate surface area is 135 Å². The van der Waals surface area contributed by atoms with Gasteiger partial charge >= 0.3 is 0 Å². The van der Waals surface area contributed by atoms with Gasteiger partial charge in [-0.15, -0.1) is 0 Å². The van der Waals surface area contributed by atoms with Crippen molar-refractivity contribution in [2.24, 2.45) is 11.8 Å². The number of hydrogen-bond donors (Lipinski definition) is 2. The Kier molecular flexibility index (Phi) is 6.66. The molecule has 2 amide bonds. The summed E-state index contributed by atoms with van der Waals surface area (Å²) in [6.07, 6.45) is 0. The second-order valence-electron chi connectivity index (χ2n) is 6.33. The van der Waals surface area contributed by atoms with Crippen LogP contribution in [0.5, 0.6) is 0 Å². The fraction of sp³-hybridized carbons (Fsp3) is 0.529. The van der Waals surface area contributed by atoms with E-state index in [9.17, 15) is 18.4 Å². The van der Waals surface area contributed by atoms with Gasteiger partial charge in [-0.2, -0.15) is 0 Å². The molecule has 0 saturated heterocycles. The standard InChI is InChI=1S/C17H24F2N2O2/c1-9(2)11(5)20-17(23)15(10(3)4)21-16(22)14-12(18)7-6-8-13(14)19/h6-11,15H,1-5H3,(H,20,23)(H,21,22). The number of halogens is 2. The van der Waals surface area contributed by atoms with Crippen LogP contribution < -0.4 is 10.6 Å². The fourth-order valence-electron chi connectivity index (χ4n) is 1.94. The molecule has 0 spiro atoms. The maximum atomic E-state index is 13.7. The molecule has 6 heteroatoms. The normalized spacial score (nSPS) is 13.8. The lowest BCUT2D eigenvalue weighted by atomic mass is 10.0. The molecule has 0 bridgehead atoms. The fourth-order valence-corrected chi connectivity index (χ4v) is 1.94. The molecule has 2 atom stereocenters. The Balaban J connectivity index is 2.92.